The molecule has 5 atom stereocenters. The fourth-order valence-electron chi connectivity index (χ4n) is 6.45. The molecule has 0 aromatic heterocycles. The number of likely N-dealkylation sites (tertiary alicyclic amines) is 1. The summed E-state index contributed by atoms with van der Waals surface area (Å²) >= 11 is 0. The Kier molecular flexibility index (Phi) is 11.5. The number of hydrogen-bond acceptors (Lipinski definition) is 7. The third-order valence-electron chi connectivity index (χ3n) is 9.11. The molecule has 4 amide bonds. The number of carbonyl (C=O) groups excluding carboxylic acids is 5. The standard InChI is InChI=1S/C35H54N4O7/c1-11-12-16-23(27(40)30(42)36-19-18-21-15-13-14-17-24(21)45-10)37-29(41)26-25-22(35(25,8)9)20-39(26)31(43)28(33(2,3)4)38-32(44)46-34(5,6)7/h13-15,17,22-23,25-26,28H,11-12,16,18-20H2,1-10H3,(H,36,42)(H,37,41)(H,38,44)/t22-,23?,25-,26-,28+/m0/s1. The zero-order chi connectivity index (χ0) is 34.6. The quantitative estimate of drug-likeness (QED) is 0.276. The van der Waals surface area contributed by atoms with Crippen molar-refractivity contribution >= 4 is 29.6 Å². The minimum atomic E-state index is -1.03. The van der Waals surface area contributed by atoms with E-state index in [9.17, 15) is 24.0 Å². The molecule has 1 aliphatic carbocycles. The van der Waals surface area contributed by atoms with Gasteiger partial charge in [0.15, 0.2) is 0 Å². The molecule has 256 valence electrons. The number of methoxy groups -OCH3 is 1. The highest BCUT2D eigenvalue weighted by molar-refractivity contribution is 6.38. The van der Waals surface area contributed by atoms with Crippen LogP contribution in [0.15, 0.2) is 24.3 Å². The average Bonchev–Trinajstić information content (AvgIpc) is 3.27. The lowest BCUT2D eigenvalue weighted by atomic mass is 9.85. The highest BCUT2D eigenvalue weighted by atomic mass is 16.6. The molecule has 11 heteroatoms. The number of nitrogens with one attached hydrogen (secondary N) is 3. The molecule has 1 aromatic rings. The highest BCUT2D eigenvalue weighted by Gasteiger charge is 2.70. The number of Topliss-reactive ketones (excluding diaryl/α,β-unsaturated/α-hetero) is 1. The van der Waals surface area contributed by atoms with E-state index in [4.69, 9.17) is 9.47 Å². The number of para-hydroxylation sites is 1. The summed E-state index contributed by atoms with van der Waals surface area (Å²) in [6.45, 7) is 17.4. The van der Waals surface area contributed by atoms with Crippen LogP contribution in [-0.2, 0) is 30.3 Å². The first-order valence-corrected chi connectivity index (χ1v) is 16.4. The molecule has 3 rings (SSSR count). The van der Waals surface area contributed by atoms with E-state index in [1.165, 1.54) is 4.90 Å². The average molecular weight is 643 g/mol. The van der Waals surface area contributed by atoms with E-state index in [0.717, 1.165) is 12.0 Å². The van der Waals surface area contributed by atoms with Crippen LogP contribution in [-0.4, -0.2) is 78.4 Å². The van der Waals surface area contributed by atoms with Gasteiger partial charge in [0.1, 0.15) is 23.4 Å². The number of alkyl carbamates (subject to hydrolysis) is 1. The molecule has 0 bridgehead atoms. The zero-order valence-electron chi connectivity index (χ0n) is 29.2. The van der Waals surface area contributed by atoms with Gasteiger partial charge >= 0.3 is 6.09 Å². The summed E-state index contributed by atoms with van der Waals surface area (Å²) in [7, 11) is 1.58. The Hall–Kier alpha value is -3.63. The van der Waals surface area contributed by atoms with Crippen LogP contribution in [0.2, 0.25) is 0 Å². The van der Waals surface area contributed by atoms with Gasteiger partial charge in [0.05, 0.1) is 13.2 Å². The van der Waals surface area contributed by atoms with Gasteiger partial charge in [-0.3, -0.25) is 19.2 Å². The number of fused-ring (bicyclic) bond motifs is 1. The molecule has 2 fully saturated rings. The van der Waals surface area contributed by atoms with Gasteiger partial charge in [-0.2, -0.15) is 0 Å². The number of piperidine rings is 1. The minimum Gasteiger partial charge on any atom is -0.496 e. The Balaban J connectivity index is 1.76. The highest BCUT2D eigenvalue weighted by Crippen LogP contribution is 2.65. The topological polar surface area (TPSA) is 143 Å². The molecule has 1 aliphatic heterocycles. The number of ether oxygens (including phenoxy) is 2. The van der Waals surface area contributed by atoms with Gasteiger partial charge < -0.3 is 30.3 Å². The van der Waals surface area contributed by atoms with Crippen LogP contribution in [0.4, 0.5) is 4.79 Å². The van der Waals surface area contributed by atoms with E-state index in [1.807, 2.05) is 52.0 Å². The van der Waals surface area contributed by atoms with E-state index in [0.29, 0.717) is 31.6 Å². The van der Waals surface area contributed by atoms with Crippen molar-refractivity contribution < 1.29 is 33.4 Å². The molecule has 3 N–H and O–H groups in total. The Morgan fingerprint density at radius 1 is 1.02 bits per heavy atom. The van der Waals surface area contributed by atoms with Crippen molar-refractivity contribution in [2.24, 2.45) is 22.7 Å². The maximum atomic E-state index is 14.1. The largest absolute Gasteiger partial charge is 0.496 e. The van der Waals surface area contributed by atoms with E-state index in [-0.39, 0.29) is 29.7 Å². The molecule has 0 radical (unpaired) electrons. The van der Waals surface area contributed by atoms with E-state index < -0.39 is 52.8 Å². The fourth-order valence-corrected chi connectivity index (χ4v) is 6.45. The minimum absolute atomic E-state index is 0.0948. The Labute approximate surface area is 273 Å². The van der Waals surface area contributed by atoms with Crippen LogP contribution >= 0.6 is 0 Å². The first-order valence-electron chi connectivity index (χ1n) is 16.4. The van der Waals surface area contributed by atoms with Gasteiger partial charge in [-0.25, -0.2) is 4.79 Å². The summed E-state index contributed by atoms with van der Waals surface area (Å²) in [6, 6.07) is 4.63. The number of benzene rings is 1. The summed E-state index contributed by atoms with van der Waals surface area (Å²) in [5.74, 6) is -1.66. The molecule has 1 aromatic carbocycles. The lowest BCUT2D eigenvalue weighted by Crippen LogP contribution is -2.60. The van der Waals surface area contributed by atoms with Gasteiger partial charge in [0.2, 0.25) is 17.6 Å². The lowest BCUT2D eigenvalue weighted by molar-refractivity contribution is -0.145. The van der Waals surface area contributed by atoms with Gasteiger partial charge in [-0.15, -0.1) is 0 Å². The second-order valence-corrected chi connectivity index (χ2v) is 15.2. The van der Waals surface area contributed by atoms with Gasteiger partial charge in [-0.1, -0.05) is 72.6 Å². The molecular formula is C35H54N4O7. The van der Waals surface area contributed by atoms with Crippen LogP contribution in [0.3, 0.4) is 0 Å². The SMILES string of the molecule is CCCCC(NC(=O)[C@@H]1[C@@H]2[C@H](CN1C(=O)[C@@H](NC(=O)OC(C)(C)C)C(C)(C)C)C2(C)C)C(=O)C(=O)NCCc1ccccc1OC. The number of amides is 4. The molecule has 1 heterocycles. The number of hydrogen-bond donors (Lipinski definition) is 3. The molecular weight excluding hydrogens is 588 g/mol. The van der Waals surface area contributed by atoms with Crippen molar-refractivity contribution in [3.63, 3.8) is 0 Å². The first kappa shape index (κ1) is 36.8. The second-order valence-electron chi connectivity index (χ2n) is 15.2. The van der Waals surface area contributed by atoms with Crippen molar-refractivity contribution in [1.29, 1.82) is 0 Å². The van der Waals surface area contributed by atoms with E-state index in [2.05, 4.69) is 29.8 Å². The molecule has 46 heavy (non-hydrogen) atoms. The van der Waals surface area contributed by atoms with Crippen molar-refractivity contribution in [1.82, 2.24) is 20.9 Å². The zero-order valence-corrected chi connectivity index (χ0v) is 29.2. The van der Waals surface area contributed by atoms with Crippen LogP contribution in [0, 0.1) is 22.7 Å². The number of ketones is 1. The predicted molar refractivity (Wildman–Crippen MR) is 175 cm³/mol. The summed E-state index contributed by atoms with van der Waals surface area (Å²) < 4.78 is 10.8. The number of rotatable bonds is 13. The maximum Gasteiger partial charge on any atom is 0.408 e. The normalized spacial score (nSPS) is 21.3. The van der Waals surface area contributed by atoms with Crippen molar-refractivity contribution in [3.05, 3.63) is 29.8 Å². The monoisotopic (exact) mass is 642 g/mol. The van der Waals surface area contributed by atoms with Gasteiger partial charge in [0.25, 0.3) is 5.91 Å². The van der Waals surface area contributed by atoms with Crippen LogP contribution in [0.1, 0.15) is 87.1 Å². The molecule has 2 aliphatic rings. The number of carbonyl (C=O) groups is 5. The summed E-state index contributed by atoms with van der Waals surface area (Å²) in [5.41, 5.74) is -0.708. The van der Waals surface area contributed by atoms with E-state index >= 15 is 0 Å². The Morgan fingerprint density at radius 3 is 2.26 bits per heavy atom. The van der Waals surface area contributed by atoms with Crippen LogP contribution in [0.5, 0.6) is 5.75 Å². The van der Waals surface area contributed by atoms with Crippen molar-refractivity contribution in [3.8, 4) is 5.75 Å². The molecule has 1 saturated heterocycles. The Morgan fingerprint density at radius 2 is 1.67 bits per heavy atom. The molecule has 1 saturated carbocycles. The maximum absolute atomic E-state index is 14.1. The first-order chi connectivity index (χ1) is 21.3. The van der Waals surface area contributed by atoms with E-state index in [1.54, 1.807) is 27.9 Å². The molecule has 1 unspecified atom stereocenters. The summed E-state index contributed by atoms with van der Waals surface area (Å²) in [6.07, 6.45) is 1.45. The fraction of sp³-hybridized carbons (Fsp3) is 0.686. The lowest BCUT2D eigenvalue weighted by Gasteiger charge is -2.38. The molecule has 11 nitrogen and oxygen atoms in total. The second kappa shape index (κ2) is 14.4. The van der Waals surface area contributed by atoms with Gasteiger partial charge in [0, 0.05) is 13.1 Å². The summed E-state index contributed by atoms with van der Waals surface area (Å²) in [5, 5.41) is 8.29. The van der Waals surface area contributed by atoms with Gasteiger partial charge in [-0.05, 0) is 67.9 Å². The van der Waals surface area contributed by atoms with Crippen LogP contribution in [0.25, 0.3) is 0 Å². The van der Waals surface area contributed by atoms with Crippen LogP contribution < -0.4 is 20.7 Å². The smallest absolute Gasteiger partial charge is 0.408 e. The number of unbranched alkanes of at least 4 members (excludes halogenated alkanes) is 1. The van der Waals surface area contributed by atoms with Crippen molar-refractivity contribution in [2.75, 3.05) is 20.2 Å². The number of nitrogens with zero attached hydrogens (tertiary/aromatic N) is 1. The molecule has 0 spiro atoms. The predicted octanol–water partition coefficient (Wildman–Crippen LogP) is 4.02. The Bertz CT molecular complexity index is 1300. The third-order valence-corrected chi connectivity index (χ3v) is 9.11. The third kappa shape index (κ3) is 8.79. The van der Waals surface area contributed by atoms with Crippen molar-refractivity contribution in [2.45, 2.75) is 112 Å². The summed E-state index contributed by atoms with van der Waals surface area (Å²) in [4.78, 5) is 68.8.